The number of ether oxygens (including phenoxy) is 2. The summed E-state index contributed by atoms with van der Waals surface area (Å²) in [6.45, 7) is -1.51. The number of aliphatic carboxylic acids is 1. The van der Waals surface area contributed by atoms with Gasteiger partial charge in [0.2, 0.25) is 0 Å². The third kappa shape index (κ3) is 3.14. The van der Waals surface area contributed by atoms with Crippen LogP contribution in [0.3, 0.4) is 0 Å². The van der Waals surface area contributed by atoms with Crippen molar-refractivity contribution in [1.29, 1.82) is 0 Å². The number of hydrogen-bond donors (Lipinski definition) is 6. The highest BCUT2D eigenvalue weighted by molar-refractivity contribution is 5.72. The number of aliphatic hydroxyl groups is 5. The molecule has 6 N–H and O–H groups in total. The fraction of sp³-hybridized carbons (Fsp3) is 0.889. The molecule has 0 radical (unpaired) electrons. The lowest BCUT2D eigenvalue weighted by atomic mass is 9.99. The van der Waals surface area contributed by atoms with Crippen LogP contribution in [0.25, 0.3) is 0 Å². The van der Waals surface area contributed by atoms with Gasteiger partial charge in [0.15, 0.2) is 12.4 Å². The number of carboxylic acid groups (broad SMARTS) is 1. The van der Waals surface area contributed by atoms with E-state index in [1.165, 1.54) is 0 Å². The maximum Gasteiger partial charge on any atom is 0.335 e. The van der Waals surface area contributed by atoms with Crippen molar-refractivity contribution in [2.45, 2.75) is 36.8 Å². The first-order chi connectivity index (χ1) is 8.42. The van der Waals surface area contributed by atoms with Crippen molar-refractivity contribution in [3.63, 3.8) is 0 Å². The lowest BCUT2D eigenvalue weighted by Gasteiger charge is -2.40. The molecule has 1 aliphatic rings. The lowest BCUT2D eigenvalue weighted by Crippen LogP contribution is -2.60. The molecule has 1 heterocycles. The largest absolute Gasteiger partial charge is 0.479 e. The van der Waals surface area contributed by atoms with E-state index in [9.17, 15) is 20.1 Å². The van der Waals surface area contributed by atoms with Crippen molar-refractivity contribution in [3.05, 3.63) is 0 Å². The van der Waals surface area contributed by atoms with Gasteiger partial charge in [0.05, 0.1) is 13.2 Å². The molecular formula is C9H16O9. The summed E-state index contributed by atoms with van der Waals surface area (Å²) in [7, 11) is 0. The Hall–Kier alpha value is -0.810. The van der Waals surface area contributed by atoms with E-state index in [1.807, 2.05) is 0 Å². The zero-order chi connectivity index (χ0) is 13.9. The highest BCUT2D eigenvalue weighted by Crippen LogP contribution is 2.22. The van der Waals surface area contributed by atoms with Gasteiger partial charge in [0, 0.05) is 0 Å². The van der Waals surface area contributed by atoms with Crippen molar-refractivity contribution in [2.75, 3.05) is 13.2 Å². The van der Waals surface area contributed by atoms with Crippen LogP contribution in [0.4, 0.5) is 0 Å². The first-order valence-electron chi connectivity index (χ1n) is 5.22. The number of rotatable bonds is 5. The van der Waals surface area contributed by atoms with E-state index in [2.05, 4.69) is 0 Å². The second-order valence-corrected chi connectivity index (χ2v) is 3.84. The van der Waals surface area contributed by atoms with E-state index in [0.717, 1.165) is 0 Å². The smallest absolute Gasteiger partial charge is 0.335 e. The molecule has 0 saturated carbocycles. The minimum absolute atomic E-state index is 0.651. The van der Waals surface area contributed by atoms with Gasteiger partial charge in [-0.25, -0.2) is 4.79 Å². The summed E-state index contributed by atoms with van der Waals surface area (Å²) < 4.78 is 9.67. The Morgan fingerprint density at radius 3 is 2.22 bits per heavy atom. The van der Waals surface area contributed by atoms with Crippen LogP contribution in [0.1, 0.15) is 0 Å². The van der Waals surface area contributed by atoms with E-state index < -0.39 is 56.0 Å². The van der Waals surface area contributed by atoms with Gasteiger partial charge in [-0.05, 0) is 0 Å². The van der Waals surface area contributed by atoms with E-state index >= 15 is 0 Å². The van der Waals surface area contributed by atoms with E-state index in [4.69, 9.17) is 24.8 Å². The van der Waals surface area contributed by atoms with Gasteiger partial charge < -0.3 is 40.1 Å². The van der Waals surface area contributed by atoms with Crippen molar-refractivity contribution >= 4 is 5.97 Å². The monoisotopic (exact) mass is 268 g/mol. The molecule has 9 nitrogen and oxygen atoms in total. The van der Waals surface area contributed by atoms with E-state index in [-0.39, 0.29) is 0 Å². The van der Waals surface area contributed by atoms with Crippen molar-refractivity contribution in [2.24, 2.45) is 0 Å². The topological polar surface area (TPSA) is 157 Å². The zero-order valence-corrected chi connectivity index (χ0v) is 9.29. The number of aliphatic hydroxyl groups excluding tert-OH is 5. The van der Waals surface area contributed by atoms with Crippen LogP contribution in [-0.4, -0.2) is 86.6 Å². The van der Waals surface area contributed by atoms with Gasteiger partial charge in [-0.2, -0.15) is 0 Å². The zero-order valence-electron chi connectivity index (χ0n) is 9.29. The second kappa shape index (κ2) is 6.38. The van der Waals surface area contributed by atoms with Gasteiger partial charge in [-0.3, -0.25) is 0 Å². The molecular weight excluding hydrogens is 252 g/mol. The number of carboxylic acids is 1. The Morgan fingerprint density at radius 2 is 1.78 bits per heavy atom. The van der Waals surface area contributed by atoms with Crippen LogP contribution in [0.5, 0.6) is 0 Å². The molecule has 106 valence electrons. The van der Waals surface area contributed by atoms with Gasteiger partial charge in [-0.1, -0.05) is 0 Å². The van der Waals surface area contributed by atoms with Crippen LogP contribution >= 0.6 is 0 Å². The Balaban J connectivity index is 2.72. The van der Waals surface area contributed by atoms with Crippen molar-refractivity contribution < 1.29 is 44.9 Å². The molecule has 18 heavy (non-hydrogen) atoms. The normalized spacial score (nSPS) is 38.4. The summed E-state index contributed by atoms with van der Waals surface area (Å²) in [6, 6.07) is 0. The molecule has 0 spiro atoms. The molecule has 6 atom stereocenters. The molecule has 1 fully saturated rings. The Kier molecular flexibility index (Phi) is 5.41. The summed E-state index contributed by atoms with van der Waals surface area (Å²) in [6.07, 6.45) is -9.32. The third-order valence-corrected chi connectivity index (χ3v) is 2.59. The summed E-state index contributed by atoms with van der Waals surface area (Å²) in [5, 5.41) is 54.7. The second-order valence-electron chi connectivity index (χ2n) is 3.84. The first kappa shape index (κ1) is 15.2. The van der Waals surface area contributed by atoms with E-state index in [0.29, 0.717) is 0 Å². The standard InChI is InChI=1S/C9H16O9/c10-1-3-5(12)6(13)7(14)9(17-3)18-4(2-11)8(15)16/h3-7,9-14H,1-2H2,(H,15,16)/t3-,4+,5+,6+,7-,9-/m1/s1. The SMILES string of the molecule is O=C(O)[C@H](CO)O[C@H]1O[C@H](CO)[C@H](O)[C@H](O)[C@H]1O. The van der Waals surface area contributed by atoms with Crippen LogP contribution in [0.2, 0.25) is 0 Å². The number of carbonyl (C=O) groups is 1. The average molecular weight is 268 g/mol. The third-order valence-electron chi connectivity index (χ3n) is 2.59. The maximum atomic E-state index is 10.6. The van der Waals surface area contributed by atoms with Crippen LogP contribution in [-0.2, 0) is 14.3 Å². The minimum atomic E-state index is -1.70. The quantitative estimate of drug-likeness (QED) is 0.294. The molecule has 1 aliphatic heterocycles. The molecule has 0 aromatic carbocycles. The molecule has 0 aliphatic carbocycles. The Morgan fingerprint density at radius 1 is 1.17 bits per heavy atom. The Bertz CT molecular complexity index is 281. The maximum absolute atomic E-state index is 10.6. The van der Waals surface area contributed by atoms with Crippen molar-refractivity contribution in [1.82, 2.24) is 0 Å². The molecule has 1 rings (SSSR count). The average Bonchev–Trinajstić information content (AvgIpc) is 2.35. The molecule has 0 aromatic heterocycles. The predicted molar refractivity (Wildman–Crippen MR) is 53.4 cm³/mol. The fourth-order valence-corrected chi connectivity index (χ4v) is 1.52. The van der Waals surface area contributed by atoms with Crippen LogP contribution < -0.4 is 0 Å². The molecule has 0 aromatic rings. The Labute approximate surface area is 102 Å². The highest BCUT2D eigenvalue weighted by Gasteiger charge is 2.45. The summed E-state index contributed by atoms with van der Waals surface area (Å²) in [5.41, 5.74) is 0. The molecule has 9 heteroatoms. The van der Waals surface area contributed by atoms with E-state index in [1.54, 1.807) is 0 Å². The van der Waals surface area contributed by atoms with Crippen molar-refractivity contribution in [3.8, 4) is 0 Å². The molecule has 0 bridgehead atoms. The lowest BCUT2D eigenvalue weighted by molar-refractivity contribution is -0.311. The fourth-order valence-electron chi connectivity index (χ4n) is 1.52. The molecule has 1 saturated heterocycles. The summed E-state index contributed by atoms with van der Waals surface area (Å²) in [4.78, 5) is 10.6. The number of hydrogen-bond acceptors (Lipinski definition) is 8. The van der Waals surface area contributed by atoms with Gasteiger partial charge >= 0.3 is 5.97 Å². The first-order valence-corrected chi connectivity index (χ1v) is 5.22. The summed E-state index contributed by atoms with van der Waals surface area (Å²) >= 11 is 0. The van der Waals surface area contributed by atoms with Crippen LogP contribution in [0, 0.1) is 0 Å². The summed E-state index contributed by atoms with van der Waals surface area (Å²) in [5.74, 6) is -1.48. The van der Waals surface area contributed by atoms with Gasteiger partial charge in [0.1, 0.15) is 24.4 Å². The highest BCUT2D eigenvalue weighted by atomic mass is 16.7. The molecule has 0 unspecified atom stereocenters. The van der Waals surface area contributed by atoms with Crippen LogP contribution in [0.15, 0.2) is 0 Å². The predicted octanol–water partition coefficient (Wildman–Crippen LogP) is -3.75. The molecule has 0 amide bonds. The van der Waals surface area contributed by atoms with Gasteiger partial charge in [-0.15, -0.1) is 0 Å². The van der Waals surface area contributed by atoms with Gasteiger partial charge in [0.25, 0.3) is 0 Å². The minimum Gasteiger partial charge on any atom is -0.479 e.